The highest BCUT2D eigenvalue weighted by Gasteiger charge is 2.39. The fourth-order valence-corrected chi connectivity index (χ4v) is 5.34. The van der Waals surface area contributed by atoms with Crippen molar-refractivity contribution in [3.8, 4) is 0 Å². The topological polar surface area (TPSA) is 153 Å². The molecule has 0 heterocycles. The van der Waals surface area contributed by atoms with Crippen molar-refractivity contribution in [2.45, 2.75) is 127 Å². The monoisotopic (exact) mass is 761 g/mol. The largest absolute Gasteiger partial charge is 0.464 e. The Morgan fingerprint density at radius 3 is 1.17 bits per heavy atom. The van der Waals surface area contributed by atoms with Gasteiger partial charge in [0, 0.05) is 26.2 Å². The molecule has 0 spiro atoms. The maximum atomic E-state index is 12.7. The Kier molecular flexibility index (Phi) is 35.6. The van der Waals surface area contributed by atoms with Crippen LogP contribution in [0.25, 0.3) is 0 Å². The van der Waals surface area contributed by atoms with E-state index in [0.717, 1.165) is 38.0 Å². The smallest absolute Gasteiger partial charge is 0.311 e. The maximum absolute atomic E-state index is 12.7. The predicted octanol–water partition coefficient (Wildman–Crippen LogP) is 6.16. The summed E-state index contributed by atoms with van der Waals surface area (Å²) in [6.45, 7) is 24.4. The summed E-state index contributed by atoms with van der Waals surface area (Å²) in [5.74, 6) is -0.0899. The fraction of sp³-hybridized carbons (Fsp3) is 0.902. The summed E-state index contributed by atoms with van der Waals surface area (Å²) < 4.78 is 21.2. The minimum absolute atomic E-state index is 0.216. The summed E-state index contributed by atoms with van der Waals surface area (Å²) in [5.41, 5.74) is -1.31. The lowest BCUT2D eigenvalue weighted by atomic mass is 9.77. The summed E-state index contributed by atoms with van der Waals surface area (Å²) in [6, 6.07) is 0. The van der Waals surface area contributed by atoms with Crippen LogP contribution in [0, 0.1) is 34.5 Å². The van der Waals surface area contributed by atoms with Gasteiger partial charge in [-0.05, 0) is 79.6 Å². The first-order chi connectivity index (χ1) is 24.9. The summed E-state index contributed by atoms with van der Waals surface area (Å²) >= 11 is 0. The molecule has 0 aromatic rings. The van der Waals surface area contributed by atoms with E-state index in [1.54, 1.807) is 14.0 Å². The van der Waals surface area contributed by atoms with Gasteiger partial charge in [0.05, 0.1) is 22.7 Å². The van der Waals surface area contributed by atoms with Gasteiger partial charge in [0.1, 0.15) is 26.4 Å². The van der Waals surface area contributed by atoms with Gasteiger partial charge in [-0.25, -0.2) is 0 Å². The van der Waals surface area contributed by atoms with Crippen LogP contribution in [-0.2, 0) is 38.1 Å². The number of carbonyl (C=O) groups is 4. The third-order valence-electron chi connectivity index (χ3n) is 9.05. The lowest BCUT2D eigenvalue weighted by Gasteiger charge is -2.29. The Morgan fingerprint density at radius 2 is 0.868 bits per heavy atom. The third-order valence-corrected chi connectivity index (χ3v) is 9.05. The second kappa shape index (κ2) is 34.2. The standard InChI is InChI=1S/C20H40N2O4.C16H32N2O4.C5H12/c1-16(2)9-7-8-10-20(4,19(24)26-14-12-22-6)15-17(3)18(23)25-13-11-21-5;1-6-7-16(3,15(20)22-11-9-18-5)12-13(2)14(19)21-10-8-17-4;1-4-5(2)3/h16-17,21-22H,7-15H2,1-6H3;13,17-18H,6-12H2,1-5H3;5H,4H2,1-3H3. The summed E-state index contributed by atoms with van der Waals surface area (Å²) in [4.78, 5) is 49.2. The van der Waals surface area contributed by atoms with Crippen LogP contribution < -0.4 is 21.3 Å². The molecular weight excluding hydrogens is 676 g/mol. The van der Waals surface area contributed by atoms with E-state index in [1.165, 1.54) is 6.42 Å². The molecule has 0 saturated heterocycles. The van der Waals surface area contributed by atoms with E-state index in [-0.39, 0.29) is 35.7 Å². The Morgan fingerprint density at radius 1 is 0.528 bits per heavy atom. The van der Waals surface area contributed by atoms with Gasteiger partial charge >= 0.3 is 23.9 Å². The fourth-order valence-electron chi connectivity index (χ4n) is 5.34. The zero-order valence-corrected chi connectivity index (χ0v) is 36.6. The number of nitrogens with one attached hydrogen (secondary N) is 4. The Bertz CT molecular complexity index is 936. The predicted molar refractivity (Wildman–Crippen MR) is 217 cm³/mol. The van der Waals surface area contributed by atoms with Crippen LogP contribution in [0.5, 0.6) is 0 Å². The average Bonchev–Trinajstić information content (AvgIpc) is 3.10. The zero-order valence-electron chi connectivity index (χ0n) is 36.6. The SMILES string of the molecule is CCC(C)C.CCCC(C)(CC(C)C(=O)OCCNC)C(=O)OCCNC.CNCCOC(=O)C(C)CC(C)(CCCCC(C)C)C(=O)OCCNC. The molecule has 12 nitrogen and oxygen atoms in total. The number of ether oxygens (including phenoxy) is 4. The Hall–Kier alpha value is -2.28. The van der Waals surface area contributed by atoms with Gasteiger partial charge in [0.25, 0.3) is 0 Å². The van der Waals surface area contributed by atoms with Crippen LogP contribution in [0.15, 0.2) is 0 Å². The molecule has 0 aliphatic heterocycles. The molecule has 4 unspecified atom stereocenters. The highest BCUT2D eigenvalue weighted by Crippen LogP contribution is 2.35. The zero-order chi connectivity index (χ0) is 41.3. The van der Waals surface area contributed by atoms with Crippen LogP contribution >= 0.6 is 0 Å². The number of hydrogen-bond acceptors (Lipinski definition) is 12. The molecule has 12 heteroatoms. The molecule has 0 aromatic heterocycles. The normalized spacial score (nSPS) is 14.3. The van der Waals surface area contributed by atoms with Gasteiger partial charge in [-0.3, -0.25) is 19.2 Å². The number of esters is 4. The third kappa shape index (κ3) is 29.7. The summed E-state index contributed by atoms with van der Waals surface area (Å²) in [6.07, 6.45) is 7.66. The van der Waals surface area contributed by atoms with E-state index in [2.05, 4.69) is 55.9 Å². The van der Waals surface area contributed by atoms with E-state index in [1.807, 2.05) is 48.8 Å². The Balaban J connectivity index is -0.000000843. The van der Waals surface area contributed by atoms with Crippen molar-refractivity contribution in [2.24, 2.45) is 34.5 Å². The second-order valence-electron chi connectivity index (χ2n) is 15.5. The number of likely N-dealkylation sites (N-methyl/N-ethyl adjacent to an activating group) is 4. The van der Waals surface area contributed by atoms with Crippen LogP contribution in [0.1, 0.15) is 127 Å². The summed E-state index contributed by atoms with van der Waals surface area (Å²) in [5, 5.41) is 11.8. The van der Waals surface area contributed by atoms with Crippen molar-refractivity contribution in [1.29, 1.82) is 0 Å². The second-order valence-corrected chi connectivity index (χ2v) is 15.5. The van der Waals surface area contributed by atoms with Gasteiger partial charge in [-0.15, -0.1) is 0 Å². The first kappa shape index (κ1) is 55.1. The lowest BCUT2D eigenvalue weighted by molar-refractivity contribution is -0.160. The van der Waals surface area contributed by atoms with Gasteiger partial charge in [-0.1, -0.05) is 87.5 Å². The van der Waals surface area contributed by atoms with Gasteiger partial charge in [0.15, 0.2) is 0 Å². The molecule has 4 N–H and O–H groups in total. The molecule has 0 aromatic carbocycles. The van der Waals surface area contributed by atoms with Crippen LogP contribution in [-0.4, -0.2) is 105 Å². The lowest BCUT2D eigenvalue weighted by Crippen LogP contribution is -2.35. The quantitative estimate of drug-likeness (QED) is 0.0411. The molecule has 53 heavy (non-hydrogen) atoms. The number of rotatable bonds is 28. The molecule has 4 atom stereocenters. The van der Waals surface area contributed by atoms with Gasteiger partial charge < -0.3 is 40.2 Å². The van der Waals surface area contributed by atoms with Crippen molar-refractivity contribution >= 4 is 23.9 Å². The molecule has 0 rings (SSSR count). The molecular formula is C41H84N4O8. The van der Waals surface area contributed by atoms with E-state index in [0.29, 0.717) is 77.8 Å². The van der Waals surface area contributed by atoms with Crippen LogP contribution in [0.3, 0.4) is 0 Å². The molecule has 0 saturated carbocycles. The molecule has 0 fully saturated rings. The van der Waals surface area contributed by atoms with Crippen LogP contribution in [0.4, 0.5) is 0 Å². The molecule has 0 bridgehead atoms. The molecule has 0 radical (unpaired) electrons. The molecule has 316 valence electrons. The van der Waals surface area contributed by atoms with Crippen molar-refractivity contribution in [1.82, 2.24) is 21.3 Å². The van der Waals surface area contributed by atoms with Crippen molar-refractivity contribution in [3.63, 3.8) is 0 Å². The first-order valence-corrected chi connectivity index (χ1v) is 20.2. The van der Waals surface area contributed by atoms with Crippen molar-refractivity contribution in [3.05, 3.63) is 0 Å². The van der Waals surface area contributed by atoms with Crippen molar-refractivity contribution < 1.29 is 38.1 Å². The number of carbonyl (C=O) groups excluding carboxylic acids is 4. The van der Waals surface area contributed by atoms with Gasteiger partial charge in [0.2, 0.25) is 0 Å². The molecule has 0 aliphatic rings. The Labute approximate surface area is 325 Å². The highest BCUT2D eigenvalue weighted by atomic mass is 16.5. The molecule has 0 amide bonds. The van der Waals surface area contributed by atoms with E-state index < -0.39 is 10.8 Å². The first-order valence-electron chi connectivity index (χ1n) is 20.2. The molecule has 0 aliphatic carbocycles. The van der Waals surface area contributed by atoms with E-state index in [4.69, 9.17) is 18.9 Å². The maximum Gasteiger partial charge on any atom is 0.311 e. The summed E-state index contributed by atoms with van der Waals surface area (Å²) in [7, 11) is 7.24. The minimum atomic E-state index is -0.661. The highest BCUT2D eigenvalue weighted by molar-refractivity contribution is 5.79. The number of unbranched alkanes of at least 4 members (excludes halogenated alkanes) is 1. The van der Waals surface area contributed by atoms with E-state index in [9.17, 15) is 19.2 Å². The minimum Gasteiger partial charge on any atom is -0.464 e. The van der Waals surface area contributed by atoms with Gasteiger partial charge in [-0.2, -0.15) is 0 Å². The van der Waals surface area contributed by atoms with E-state index >= 15 is 0 Å². The number of hydrogen-bond donors (Lipinski definition) is 4. The average molecular weight is 761 g/mol. The van der Waals surface area contributed by atoms with Crippen LogP contribution in [0.2, 0.25) is 0 Å². The van der Waals surface area contributed by atoms with Crippen molar-refractivity contribution in [2.75, 3.05) is 80.8 Å².